The molecular weight excluding hydrogens is 398 g/mol. The molecule has 8 nitrogen and oxygen atoms in total. The van der Waals surface area contributed by atoms with Crippen LogP contribution in [-0.2, 0) is 27.2 Å². The second kappa shape index (κ2) is 10.2. The molecule has 0 radical (unpaired) electrons. The largest absolute Gasteiger partial charge is 0.492 e. The Hall–Kier alpha value is -3.26. The number of nitrogens with zero attached hydrogens (tertiary/aromatic N) is 3. The first kappa shape index (κ1) is 22.4. The molecule has 2 aromatic carbocycles. The van der Waals surface area contributed by atoms with Crippen molar-refractivity contribution in [1.29, 1.82) is 0 Å². The van der Waals surface area contributed by atoms with E-state index < -0.39 is 5.60 Å². The van der Waals surface area contributed by atoms with Gasteiger partial charge < -0.3 is 14.2 Å². The number of aromatic nitrogens is 3. The third-order valence-corrected chi connectivity index (χ3v) is 4.84. The van der Waals surface area contributed by atoms with Crippen LogP contribution in [0.3, 0.4) is 0 Å². The molecule has 0 aliphatic heterocycles. The molecule has 3 aromatic rings. The van der Waals surface area contributed by atoms with Gasteiger partial charge in [0.2, 0.25) is 0 Å². The van der Waals surface area contributed by atoms with Crippen LogP contribution in [0, 0.1) is 0 Å². The van der Waals surface area contributed by atoms with E-state index in [-0.39, 0.29) is 24.7 Å². The lowest BCUT2D eigenvalue weighted by molar-refractivity contribution is -0.169. The molecule has 1 atom stereocenters. The molecule has 0 saturated heterocycles. The summed E-state index contributed by atoms with van der Waals surface area (Å²) in [5, 5.41) is 8.55. The topological polar surface area (TPSA) is 92.5 Å². The fourth-order valence-corrected chi connectivity index (χ4v) is 3.30. The van der Waals surface area contributed by atoms with Crippen LogP contribution in [0.5, 0.6) is 5.75 Å². The molecule has 0 aliphatic carbocycles. The van der Waals surface area contributed by atoms with Crippen LogP contribution < -0.4 is 10.3 Å². The molecule has 0 amide bonds. The number of hydrogen-bond acceptors (Lipinski definition) is 7. The zero-order valence-electron chi connectivity index (χ0n) is 18.0. The maximum atomic E-state index is 12.5. The van der Waals surface area contributed by atoms with E-state index in [4.69, 9.17) is 14.2 Å². The third kappa shape index (κ3) is 5.46. The molecule has 1 unspecified atom stereocenters. The number of hydrogen-bond donors (Lipinski definition) is 0. The second-order valence-electron chi connectivity index (χ2n) is 7.19. The Morgan fingerprint density at radius 2 is 1.81 bits per heavy atom. The Morgan fingerprint density at radius 1 is 1.06 bits per heavy atom. The van der Waals surface area contributed by atoms with Crippen LogP contribution in [0.15, 0.2) is 53.3 Å². The van der Waals surface area contributed by atoms with E-state index in [1.54, 1.807) is 32.0 Å². The van der Waals surface area contributed by atoms with Gasteiger partial charge in [0.05, 0.1) is 18.5 Å². The van der Waals surface area contributed by atoms with E-state index in [1.807, 2.05) is 37.3 Å². The van der Waals surface area contributed by atoms with E-state index in [1.165, 1.54) is 4.68 Å². The van der Waals surface area contributed by atoms with Crippen molar-refractivity contribution in [1.82, 2.24) is 15.0 Å². The zero-order chi connectivity index (χ0) is 22.3. The summed E-state index contributed by atoms with van der Waals surface area (Å²) < 4.78 is 17.9. The summed E-state index contributed by atoms with van der Waals surface area (Å²) in [4.78, 5) is 24.8. The summed E-state index contributed by atoms with van der Waals surface area (Å²) >= 11 is 0. The molecule has 0 saturated carbocycles. The van der Waals surface area contributed by atoms with Gasteiger partial charge in [-0.15, -0.1) is 5.10 Å². The fraction of sp³-hybridized carbons (Fsp3) is 0.391. The smallest absolute Gasteiger partial charge is 0.338 e. The first-order valence-corrected chi connectivity index (χ1v) is 10.3. The Labute approximate surface area is 180 Å². The van der Waals surface area contributed by atoms with Crippen molar-refractivity contribution in [3.63, 3.8) is 0 Å². The molecule has 0 N–H and O–H groups in total. The minimum atomic E-state index is -1.04. The lowest BCUT2D eigenvalue weighted by Gasteiger charge is -2.27. The summed E-state index contributed by atoms with van der Waals surface area (Å²) in [6, 6.07) is 14.5. The molecule has 8 heteroatoms. The number of rotatable bonds is 10. The van der Waals surface area contributed by atoms with Crippen LogP contribution >= 0.6 is 0 Å². The van der Waals surface area contributed by atoms with Crippen molar-refractivity contribution in [2.24, 2.45) is 0 Å². The van der Waals surface area contributed by atoms with Crippen LogP contribution in [0.1, 0.15) is 26.3 Å². The van der Waals surface area contributed by atoms with E-state index in [0.29, 0.717) is 36.3 Å². The number of esters is 1. The summed E-state index contributed by atoms with van der Waals surface area (Å²) in [6.07, 6.45) is 0.391. The highest BCUT2D eigenvalue weighted by molar-refractivity contribution is 5.79. The summed E-state index contributed by atoms with van der Waals surface area (Å²) in [5.74, 6) is 0.277. The molecule has 164 valence electrons. The lowest BCUT2D eigenvalue weighted by Crippen LogP contribution is -2.42. The summed E-state index contributed by atoms with van der Waals surface area (Å²) in [6.45, 7) is 6.62. The monoisotopic (exact) mass is 425 g/mol. The van der Waals surface area contributed by atoms with Crippen LogP contribution in [0.4, 0.5) is 0 Å². The Balaban J connectivity index is 1.60. The highest BCUT2D eigenvalue weighted by Gasteiger charge is 2.35. The number of carbonyl (C=O) groups is 1. The molecule has 3 rings (SSSR count). The van der Waals surface area contributed by atoms with E-state index in [9.17, 15) is 9.59 Å². The Morgan fingerprint density at radius 3 is 2.52 bits per heavy atom. The van der Waals surface area contributed by atoms with Gasteiger partial charge in [0, 0.05) is 13.0 Å². The average molecular weight is 425 g/mol. The predicted molar refractivity (Wildman–Crippen MR) is 116 cm³/mol. The SMILES string of the molecule is CCOC(=O)C(C)(Cc1ccc(OCCn2nnc3ccccc3c2=O)cc1)OCC. The normalized spacial score (nSPS) is 13.0. The average Bonchev–Trinajstić information content (AvgIpc) is 2.77. The first-order valence-electron chi connectivity index (χ1n) is 10.3. The van der Waals surface area contributed by atoms with Crippen LogP contribution in [0.25, 0.3) is 10.9 Å². The number of benzene rings is 2. The molecule has 0 aliphatic rings. The lowest BCUT2D eigenvalue weighted by atomic mass is 9.96. The molecule has 31 heavy (non-hydrogen) atoms. The van der Waals surface area contributed by atoms with Gasteiger partial charge in [-0.25, -0.2) is 9.48 Å². The van der Waals surface area contributed by atoms with Gasteiger partial charge in [-0.3, -0.25) is 4.79 Å². The Kier molecular flexibility index (Phi) is 7.36. The van der Waals surface area contributed by atoms with Crippen LogP contribution in [-0.4, -0.2) is 46.4 Å². The highest BCUT2D eigenvalue weighted by Crippen LogP contribution is 2.22. The van der Waals surface area contributed by atoms with Gasteiger partial charge >= 0.3 is 5.97 Å². The molecular formula is C23H27N3O5. The van der Waals surface area contributed by atoms with Crippen molar-refractivity contribution in [3.8, 4) is 5.75 Å². The Bertz CT molecular complexity index is 1080. The van der Waals surface area contributed by atoms with Crippen molar-refractivity contribution in [2.75, 3.05) is 19.8 Å². The second-order valence-corrected chi connectivity index (χ2v) is 7.19. The molecule has 0 fully saturated rings. The van der Waals surface area contributed by atoms with Gasteiger partial charge in [-0.1, -0.05) is 29.5 Å². The quantitative estimate of drug-likeness (QED) is 0.461. The molecule has 0 bridgehead atoms. The summed E-state index contributed by atoms with van der Waals surface area (Å²) in [5.41, 5.74) is 0.261. The van der Waals surface area contributed by atoms with E-state index in [0.717, 1.165) is 5.56 Å². The van der Waals surface area contributed by atoms with Crippen molar-refractivity contribution < 1.29 is 19.0 Å². The van der Waals surface area contributed by atoms with Gasteiger partial charge in [0.15, 0.2) is 5.60 Å². The molecule has 1 heterocycles. The third-order valence-electron chi connectivity index (χ3n) is 4.84. The number of ether oxygens (including phenoxy) is 3. The van der Waals surface area contributed by atoms with Gasteiger partial charge in [-0.2, -0.15) is 0 Å². The number of carbonyl (C=O) groups excluding carboxylic acids is 1. The van der Waals surface area contributed by atoms with E-state index in [2.05, 4.69) is 10.3 Å². The maximum absolute atomic E-state index is 12.5. The van der Waals surface area contributed by atoms with Crippen LogP contribution in [0.2, 0.25) is 0 Å². The zero-order valence-corrected chi connectivity index (χ0v) is 18.0. The van der Waals surface area contributed by atoms with Crippen molar-refractivity contribution >= 4 is 16.9 Å². The highest BCUT2D eigenvalue weighted by atomic mass is 16.6. The van der Waals surface area contributed by atoms with Gasteiger partial charge in [0.25, 0.3) is 5.56 Å². The first-order chi connectivity index (χ1) is 15.0. The molecule has 1 aromatic heterocycles. The predicted octanol–water partition coefficient (Wildman–Crippen LogP) is 2.77. The summed E-state index contributed by atoms with van der Waals surface area (Å²) in [7, 11) is 0. The van der Waals surface area contributed by atoms with Crippen molar-refractivity contribution in [3.05, 3.63) is 64.4 Å². The number of fused-ring (bicyclic) bond motifs is 1. The van der Waals surface area contributed by atoms with Gasteiger partial charge in [0.1, 0.15) is 17.9 Å². The minimum Gasteiger partial charge on any atom is -0.492 e. The maximum Gasteiger partial charge on any atom is 0.338 e. The molecule has 0 spiro atoms. The fourth-order valence-electron chi connectivity index (χ4n) is 3.30. The minimum absolute atomic E-state index is 0.196. The van der Waals surface area contributed by atoms with E-state index >= 15 is 0 Å². The van der Waals surface area contributed by atoms with Gasteiger partial charge in [-0.05, 0) is 50.6 Å². The van der Waals surface area contributed by atoms with Crippen molar-refractivity contribution in [2.45, 2.75) is 39.3 Å². The standard InChI is InChI=1S/C23H27N3O5/c1-4-29-22(28)23(3,31-5-2)16-17-10-12-18(13-11-17)30-15-14-26-21(27)19-8-6-7-9-20(19)24-25-26/h6-13H,4-5,14-16H2,1-3H3.